The maximum absolute atomic E-state index is 5.45. The Hall–Kier alpha value is -2.38. The van der Waals surface area contributed by atoms with Gasteiger partial charge in [0, 0.05) is 10.2 Å². The number of hydrogen-bond donors (Lipinski definition) is 2. The van der Waals surface area contributed by atoms with Crippen LogP contribution >= 0.6 is 28.1 Å². The van der Waals surface area contributed by atoms with Gasteiger partial charge in [-0.2, -0.15) is 5.10 Å². The third kappa shape index (κ3) is 4.87. The Morgan fingerprint density at radius 2 is 1.89 bits per heavy atom. The van der Waals surface area contributed by atoms with E-state index in [1.54, 1.807) is 7.11 Å². The summed E-state index contributed by atoms with van der Waals surface area (Å²) >= 11 is 8.88. The topological polar surface area (TPSA) is 51.1 Å². The molecule has 0 bridgehead atoms. The first-order chi connectivity index (χ1) is 13.0. The van der Waals surface area contributed by atoms with Gasteiger partial charge in [0.1, 0.15) is 5.75 Å². The standard InChI is InChI=1S/C20H21BrN4OS/c1-13-19(23-20(27)22-17-9-7-16(21)8-10-17)14(2)25(24-13)12-15-5-4-6-18(11-15)26-3/h4-11H,12H2,1-3H3,(H2,22,23,27). The van der Waals surface area contributed by atoms with Gasteiger partial charge < -0.3 is 15.4 Å². The van der Waals surface area contributed by atoms with Gasteiger partial charge in [-0.05, 0) is 68.0 Å². The van der Waals surface area contributed by atoms with E-state index in [2.05, 4.69) is 37.7 Å². The number of aryl methyl sites for hydroxylation is 1. The van der Waals surface area contributed by atoms with Crippen LogP contribution in [0.15, 0.2) is 53.0 Å². The summed E-state index contributed by atoms with van der Waals surface area (Å²) in [6.07, 6.45) is 0. The van der Waals surface area contributed by atoms with Crippen LogP contribution < -0.4 is 15.4 Å². The summed E-state index contributed by atoms with van der Waals surface area (Å²) in [6, 6.07) is 15.9. The molecule has 0 amide bonds. The van der Waals surface area contributed by atoms with E-state index in [-0.39, 0.29) is 0 Å². The normalized spacial score (nSPS) is 10.5. The van der Waals surface area contributed by atoms with E-state index >= 15 is 0 Å². The van der Waals surface area contributed by atoms with Crippen LogP contribution in [0, 0.1) is 13.8 Å². The zero-order chi connectivity index (χ0) is 19.4. The average molecular weight is 445 g/mol. The van der Waals surface area contributed by atoms with Crippen molar-refractivity contribution in [2.24, 2.45) is 0 Å². The Morgan fingerprint density at radius 1 is 1.15 bits per heavy atom. The van der Waals surface area contributed by atoms with E-state index in [4.69, 9.17) is 17.0 Å². The van der Waals surface area contributed by atoms with Crippen LogP contribution in [0.3, 0.4) is 0 Å². The molecular weight excluding hydrogens is 424 g/mol. The Kier molecular flexibility index (Phi) is 6.13. The second-order valence-electron chi connectivity index (χ2n) is 6.14. The Balaban J connectivity index is 1.73. The first-order valence-corrected chi connectivity index (χ1v) is 9.67. The molecule has 0 fully saturated rings. The molecular formula is C20H21BrN4OS. The predicted molar refractivity (Wildman–Crippen MR) is 118 cm³/mol. The molecule has 0 unspecified atom stereocenters. The molecule has 0 radical (unpaired) electrons. The highest BCUT2D eigenvalue weighted by Crippen LogP contribution is 2.22. The number of aromatic nitrogens is 2. The molecule has 3 aromatic rings. The lowest BCUT2D eigenvalue weighted by Crippen LogP contribution is -2.20. The summed E-state index contributed by atoms with van der Waals surface area (Å²) in [5.74, 6) is 0.840. The van der Waals surface area contributed by atoms with Gasteiger partial charge in [-0.25, -0.2) is 0 Å². The molecule has 1 aromatic heterocycles. The van der Waals surface area contributed by atoms with E-state index in [1.807, 2.05) is 61.0 Å². The maximum atomic E-state index is 5.45. The van der Waals surface area contributed by atoms with Crippen molar-refractivity contribution in [3.8, 4) is 5.75 Å². The van der Waals surface area contributed by atoms with Gasteiger partial charge in [-0.3, -0.25) is 4.68 Å². The van der Waals surface area contributed by atoms with Crippen molar-refractivity contribution in [2.75, 3.05) is 17.7 Å². The van der Waals surface area contributed by atoms with E-state index in [9.17, 15) is 0 Å². The van der Waals surface area contributed by atoms with Crippen molar-refractivity contribution in [1.82, 2.24) is 9.78 Å². The Bertz CT molecular complexity index is 953. The van der Waals surface area contributed by atoms with Gasteiger partial charge in [0.05, 0.1) is 30.7 Å². The number of nitrogens with zero attached hydrogens (tertiary/aromatic N) is 2. The van der Waals surface area contributed by atoms with E-state index in [0.29, 0.717) is 11.7 Å². The van der Waals surface area contributed by atoms with Crippen LogP contribution in [0.4, 0.5) is 11.4 Å². The molecule has 5 nitrogen and oxygen atoms in total. The molecule has 0 saturated heterocycles. The number of thiocarbonyl (C=S) groups is 1. The first-order valence-electron chi connectivity index (χ1n) is 8.47. The number of hydrogen-bond acceptors (Lipinski definition) is 3. The second kappa shape index (κ2) is 8.54. The summed E-state index contributed by atoms with van der Waals surface area (Å²) in [5, 5.41) is 11.6. The van der Waals surface area contributed by atoms with Crippen molar-refractivity contribution in [2.45, 2.75) is 20.4 Å². The molecule has 7 heteroatoms. The van der Waals surface area contributed by atoms with E-state index < -0.39 is 0 Å². The minimum absolute atomic E-state index is 0.532. The number of halogens is 1. The molecule has 27 heavy (non-hydrogen) atoms. The highest BCUT2D eigenvalue weighted by Gasteiger charge is 2.13. The number of ether oxygens (including phenoxy) is 1. The van der Waals surface area contributed by atoms with Gasteiger partial charge in [0.25, 0.3) is 0 Å². The third-order valence-corrected chi connectivity index (χ3v) is 4.92. The molecule has 0 aliphatic carbocycles. The smallest absolute Gasteiger partial charge is 0.175 e. The third-order valence-electron chi connectivity index (χ3n) is 4.19. The Morgan fingerprint density at radius 3 is 2.59 bits per heavy atom. The predicted octanol–water partition coefficient (Wildman–Crippen LogP) is 5.13. The van der Waals surface area contributed by atoms with Crippen molar-refractivity contribution in [1.29, 1.82) is 0 Å². The number of benzene rings is 2. The molecule has 0 spiro atoms. The minimum atomic E-state index is 0.532. The van der Waals surface area contributed by atoms with Gasteiger partial charge >= 0.3 is 0 Å². The number of methoxy groups -OCH3 is 1. The van der Waals surface area contributed by atoms with Gasteiger partial charge in [0.15, 0.2) is 5.11 Å². The van der Waals surface area contributed by atoms with E-state index in [0.717, 1.165) is 38.5 Å². The summed E-state index contributed by atoms with van der Waals surface area (Å²) in [6.45, 7) is 4.67. The number of anilines is 2. The van der Waals surface area contributed by atoms with E-state index in [1.165, 1.54) is 0 Å². The highest BCUT2D eigenvalue weighted by molar-refractivity contribution is 9.10. The summed E-state index contributed by atoms with van der Waals surface area (Å²) in [5.41, 5.74) is 4.90. The minimum Gasteiger partial charge on any atom is -0.497 e. The van der Waals surface area contributed by atoms with Crippen molar-refractivity contribution in [3.63, 3.8) is 0 Å². The lowest BCUT2D eigenvalue weighted by molar-refractivity contribution is 0.414. The van der Waals surface area contributed by atoms with Gasteiger partial charge in [0.2, 0.25) is 0 Å². The molecule has 2 aromatic carbocycles. The number of nitrogens with one attached hydrogen (secondary N) is 2. The van der Waals surface area contributed by atoms with Crippen molar-refractivity contribution >= 4 is 44.6 Å². The molecule has 0 atom stereocenters. The molecule has 2 N–H and O–H groups in total. The van der Waals surface area contributed by atoms with Crippen LogP contribution in [0.1, 0.15) is 17.0 Å². The molecule has 0 aliphatic heterocycles. The zero-order valence-corrected chi connectivity index (χ0v) is 17.8. The summed E-state index contributed by atoms with van der Waals surface area (Å²) in [4.78, 5) is 0. The highest BCUT2D eigenvalue weighted by atomic mass is 79.9. The van der Waals surface area contributed by atoms with Crippen LogP contribution in [0.5, 0.6) is 5.75 Å². The molecule has 0 saturated carbocycles. The average Bonchev–Trinajstić information content (AvgIpc) is 2.91. The fourth-order valence-corrected chi connectivity index (χ4v) is 3.27. The first kappa shape index (κ1) is 19.4. The fourth-order valence-electron chi connectivity index (χ4n) is 2.78. The van der Waals surface area contributed by atoms with Crippen LogP contribution in [-0.2, 0) is 6.54 Å². The lowest BCUT2D eigenvalue weighted by Gasteiger charge is -2.11. The quantitative estimate of drug-likeness (QED) is 0.534. The molecule has 140 valence electrons. The molecule has 0 aliphatic rings. The molecule has 3 rings (SSSR count). The SMILES string of the molecule is COc1cccc(Cn2nc(C)c(NC(=S)Nc3ccc(Br)cc3)c2C)c1. The summed E-state index contributed by atoms with van der Waals surface area (Å²) < 4.78 is 8.29. The monoisotopic (exact) mass is 444 g/mol. The van der Waals surface area contributed by atoms with Gasteiger partial charge in [-0.15, -0.1) is 0 Å². The number of rotatable bonds is 5. The van der Waals surface area contributed by atoms with Crippen LogP contribution in [-0.4, -0.2) is 22.0 Å². The largest absolute Gasteiger partial charge is 0.497 e. The zero-order valence-electron chi connectivity index (χ0n) is 15.4. The van der Waals surface area contributed by atoms with Crippen LogP contribution in [0.25, 0.3) is 0 Å². The maximum Gasteiger partial charge on any atom is 0.175 e. The fraction of sp³-hybridized carbons (Fsp3) is 0.200. The lowest BCUT2D eigenvalue weighted by atomic mass is 10.2. The van der Waals surface area contributed by atoms with Crippen molar-refractivity contribution < 1.29 is 4.74 Å². The van der Waals surface area contributed by atoms with Crippen LogP contribution in [0.2, 0.25) is 0 Å². The Labute approximate surface area is 172 Å². The van der Waals surface area contributed by atoms with Crippen molar-refractivity contribution in [3.05, 3.63) is 70.0 Å². The summed E-state index contributed by atoms with van der Waals surface area (Å²) in [7, 11) is 1.67. The molecule has 1 heterocycles. The second-order valence-corrected chi connectivity index (χ2v) is 7.46. The van der Waals surface area contributed by atoms with Gasteiger partial charge in [-0.1, -0.05) is 28.1 Å².